The number of hydrogen-bond donors (Lipinski definition) is 1. The number of nitrogens with one attached hydrogen (secondary N) is 1. The van der Waals surface area contributed by atoms with Crippen molar-refractivity contribution >= 4 is 0 Å². The van der Waals surface area contributed by atoms with Gasteiger partial charge in [0.25, 0.3) is 0 Å². The van der Waals surface area contributed by atoms with E-state index in [2.05, 4.69) is 15.5 Å². The predicted octanol–water partition coefficient (Wildman–Crippen LogP) is 1.47. The van der Waals surface area contributed by atoms with Crippen LogP contribution in [0, 0.1) is 6.92 Å². The zero-order chi connectivity index (χ0) is 15.2. The maximum atomic E-state index is 5.95. The van der Waals surface area contributed by atoms with E-state index >= 15 is 0 Å². The molecule has 0 aliphatic carbocycles. The quantitative estimate of drug-likeness (QED) is 0.747. The van der Waals surface area contributed by atoms with Crippen molar-refractivity contribution in [2.24, 2.45) is 7.05 Å². The fourth-order valence-electron chi connectivity index (χ4n) is 2.08. The van der Waals surface area contributed by atoms with Gasteiger partial charge in [0.2, 0.25) is 5.88 Å². The average Bonchev–Trinajstić information content (AvgIpc) is 3.02. The van der Waals surface area contributed by atoms with Crippen LogP contribution in [-0.4, -0.2) is 39.8 Å². The van der Waals surface area contributed by atoms with Crippen LogP contribution in [0.5, 0.6) is 11.6 Å². The predicted molar refractivity (Wildman–Crippen MR) is 79.5 cm³/mol. The highest BCUT2D eigenvalue weighted by Crippen LogP contribution is 2.26. The van der Waals surface area contributed by atoms with Gasteiger partial charge in [-0.1, -0.05) is 0 Å². The molecule has 0 aliphatic heterocycles. The summed E-state index contributed by atoms with van der Waals surface area (Å²) >= 11 is 0. The van der Waals surface area contributed by atoms with Gasteiger partial charge in [-0.3, -0.25) is 4.68 Å². The molecule has 1 N–H and O–H groups in total. The molecule has 0 bridgehead atoms. The third-order valence-corrected chi connectivity index (χ3v) is 3.22. The molecular formula is C14H23N5O2. The molecule has 2 rings (SSSR count). The van der Waals surface area contributed by atoms with E-state index in [4.69, 9.17) is 9.47 Å². The van der Waals surface area contributed by atoms with Crippen molar-refractivity contribution in [3.8, 4) is 11.6 Å². The van der Waals surface area contributed by atoms with E-state index in [0.29, 0.717) is 13.2 Å². The summed E-state index contributed by atoms with van der Waals surface area (Å²) in [5.74, 6) is 1.46. The van der Waals surface area contributed by atoms with Crippen LogP contribution in [0.1, 0.15) is 18.2 Å². The minimum Gasteiger partial charge on any atom is -0.436 e. The summed E-state index contributed by atoms with van der Waals surface area (Å²) in [6.45, 7) is 7.00. The molecule has 7 heteroatoms. The summed E-state index contributed by atoms with van der Waals surface area (Å²) in [5.41, 5.74) is 2.01. The van der Waals surface area contributed by atoms with Crippen LogP contribution in [0.4, 0.5) is 0 Å². The Hall–Kier alpha value is -1.86. The highest BCUT2D eigenvalue weighted by molar-refractivity contribution is 5.34. The van der Waals surface area contributed by atoms with Crippen molar-refractivity contribution in [3.05, 3.63) is 23.7 Å². The Labute approximate surface area is 124 Å². The Kier molecular flexibility index (Phi) is 5.35. The van der Waals surface area contributed by atoms with Crippen molar-refractivity contribution in [1.29, 1.82) is 0 Å². The van der Waals surface area contributed by atoms with Crippen molar-refractivity contribution in [2.75, 3.05) is 20.3 Å². The van der Waals surface area contributed by atoms with Gasteiger partial charge < -0.3 is 14.8 Å². The molecule has 0 atom stereocenters. The lowest BCUT2D eigenvalue weighted by Crippen LogP contribution is -2.19. The van der Waals surface area contributed by atoms with Crippen LogP contribution in [0.25, 0.3) is 0 Å². The molecule has 0 spiro atoms. The van der Waals surface area contributed by atoms with Gasteiger partial charge in [0.05, 0.1) is 30.3 Å². The van der Waals surface area contributed by atoms with Gasteiger partial charge in [0.1, 0.15) is 0 Å². The molecule has 21 heavy (non-hydrogen) atoms. The van der Waals surface area contributed by atoms with E-state index in [-0.39, 0.29) is 0 Å². The van der Waals surface area contributed by atoms with Crippen molar-refractivity contribution in [2.45, 2.75) is 26.9 Å². The van der Waals surface area contributed by atoms with Crippen LogP contribution in [0.3, 0.4) is 0 Å². The Balaban J connectivity index is 2.10. The summed E-state index contributed by atoms with van der Waals surface area (Å²) in [7, 11) is 3.57. The van der Waals surface area contributed by atoms with Gasteiger partial charge in [0.15, 0.2) is 5.75 Å². The molecule has 0 amide bonds. The highest BCUT2D eigenvalue weighted by Gasteiger charge is 2.15. The molecule has 0 saturated carbocycles. The number of aryl methyl sites for hydroxylation is 3. The third kappa shape index (κ3) is 3.83. The number of hydrogen-bond acceptors (Lipinski definition) is 5. The van der Waals surface area contributed by atoms with E-state index in [1.807, 2.05) is 31.8 Å². The maximum Gasteiger partial charge on any atom is 0.222 e. The van der Waals surface area contributed by atoms with Gasteiger partial charge in [-0.25, -0.2) is 4.68 Å². The van der Waals surface area contributed by atoms with E-state index < -0.39 is 0 Å². The number of methoxy groups -OCH3 is 1. The van der Waals surface area contributed by atoms with Gasteiger partial charge in [0, 0.05) is 33.8 Å². The molecule has 0 fully saturated rings. The molecule has 7 nitrogen and oxygen atoms in total. The highest BCUT2D eigenvalue weighted by atomic mass is 16.5. The van der Waals surface area contributed by atoms with Gasteiger partial charge in [-0.2, -0.15) is 10.2 Å². The Morgan fingerprint density at radius 1 is 1.38 bits per heavy atom. The monoisotopic (exact) mass is 293 g/mol. The standard InChI is InChI=1S/C14H23N5O2/c1-5-19-10-12(8-16-19)21-14-13(9-15-6-7-20-4)11(2)17-18(14)3/h8,10,15H,5-7,9H2,1-4H3. The second kappa shape index (κ2) is 7.24. The van der Waals surface area contributed by atoms with Crippen LogP contribution in [0.2, 0.25) is 0 Å². The first kappa shape index (κ1) is 15.5. The first-order valence-corrected chi connectivity index (χ1v) is 7.08. The lowest BCUT2D eigenvalue weighted by atomic mass is 10.2. The summed E-state index contributed by atoms with van der Waals surface area (Å²) in [6.07, 6.45) is 3.60. The minimum atomic E-state index is 0.679. The number of ether oxygens (including phenoxy) is 2. The first-order valence-electron chi connectivity index (χ1n) is 7.08. The second-order valence-corrected chi connectivity index (χ2v) is 4.80. The lowest BCUT2D eigenvalue weighted by Gasteiger charge is -2.08. The van der Waals surface area contributed by atoms with E-state index in [1.54, 1.807) is 18.0 Å². The molecule has 0 aliphatic rings. The average molecular weight is 293 g/mol. The van der Waals surface area contributed by atoms with Gasteiger partial charge >= 0.3 is 0 Å². The summed E-state index contributed by atoms with van der Waals surface area (Å²) in [6, 6.07) is 0. The topological polar surface area (TPSA) is 66.1 Å². The molecule has 2 heterocycles. The molecule has 0 radical (unpaired) electrons. The largest absolute Gasteiger partial charge is 0.436 e. The molecule has 2 aromatic rings. The SMILES string of the molecule is CCn1cc(Oc2c(CNCCOC)c(C)nn2C)cn1. The van der Waals surface area contributed by atoms with E-state index in [0.717, 1.165) is 36.0 Å². The second-order valence-electron chi connectivity index (χ2n) is 4.80. The van der Waals surface area contributed by atoms with Crippen molar-refractivity contribution in [1.82, 2.24) is 24.9 Å². The van der Waals surface area contributed by atoms with Gasteiger partial charge in [-0.05, 0) is 13.8 Å². The normalized spacial score (nSPS) is 11.0. The smallest absolute Gasteiger partial charge is 0.222 e. The number of nitrogens with zero attached hydrogens (tertiary/aromatic N) is 4. The number of aromatic nitrogens is 4. The summed E-state index contributed by atoms with van der Waals surface area (Å²) in [5, 5.41) is 12.0. The van der Waals surface area contributed by atoms with Crippen LogP contribution < -0.4 is 10.1 Å². The zero-order valence-electron chi connectivity index (χ0n) is 13.1. The maximum absolute atomic E-state index is 5.95. The lowest BCUT2D eigenvalue weighted by molar-refractivity contribution is 0.199. The third-order valence-electron chi connectivity index (χ3n) is 3.22. The van der Waals surface area contributed by atoms with Crippen LogP contribution >= 0.6 is 0 Å². The summed E-state index contributed by atoms with van der Waals surface area (Å²) in [4.78, 5) is 0. The molecule has 116 valence electrons. The minimum absolute atomic E-state index is 0.679. The molecule has 2 aromatic heterocycles. The van der Waals surface area contributed by atoms with Crippen LogP contribution in [0.15, 0.2) is 12.4 Å². The molecule has 0 aromatic carbocycles. The van der Waals surface area contributed by atoms with Gasteiger partial charge in [-0.15, -0.1) is 0 Å². The fraction of sp³-hybridized carbons (Fsp3) is 0.571. The first-order chi connectivity index (χ1) is 10.2. The molecule has 0 saturated heterocycles. The van der Waals surface area contributed by atoms with Crippen molar-refractivity contribution in [3.63, 3.8) is 0 Å². The fourth-order valence-corrected chi connectivity index (χ4v) is 2.08. The Morgan fingerprint density at radius 3 is 2.86 bits per heavy atom. The summed E-state index contributed by atoms with van der Waals surface area (Å²) < 4.78 is 14.6. The van der Waals surface area contributed by atoms with Crippen LogP contribution in [-0.2, 0) is 24.9 Å². The Bertz CT molecular complexity index is 576. The molecular weight excluding hydrogens is 270 g/mol. The van der Waals surface area contributed by atoms with E-state index in [1.165, 1.54) is 0 Å². The molecule has 0 unspecified atom stereocenters. The zero-order valence-corrected chi connectivity index (χ0v) is 13.1. The van der Waals surface area contributed by atoms with Crippen molar-refractivity contribution < 1.29 is 9.47 Å². The van der Waals surface area contributed by atoms with E-state index in [9.17, 15) is 0 Å². The Morgan fingerprint density at radius 2 is 2.19 bits per heavy atom. The number of rotatable bonds is 8.